The van der Waals surface area contributed by atoms with E-state index in [0.29, 0.717) is 25.7 Å². The van der Waals surface area contributed by atoms with Crippen LogP contribution in [0.3, 0.4) is 0 Å². The van der Waals surface area contributed by atoms with Gasteiger partial charge in [0.05, 0.1) is 12.2 Å². The Balaban J connectivity index is 1.47. The van der Waals surface area contributed by atoms with Gasteiger partial charge in [0.15, 0.2) is 0 Å². The minimum Gasteiger partial charge on any atom is -0.493 e. The Morgan fingerprint density at radius 2 is 1.91 bits per heavy atom. The van der Waals surface area contributed by atoms with Crippen LogP contribution in [0.15, 0.2) is 30.5 Å². The van der Waals surface area contributed by atoms with Crippen molar-refractivity contribution >= 4 is 5.91 Å². The molecule has 0 aliphatic carbocycles. The quantitative estimate of drug-likeness (QED) is 0.568. The second-order valence-electron chi connectivity index (χ2n) is 9.27. The van der Waals surface area contributed by atoms with Crippen LogP contribution in [0.1, 0.15) is 71.4 Å². The van der Waals surface area contributed by atoms with Crippen molar-refractivity contribution in [3.8, 4) is 5.75 Å². The lowest BCUT2D eigenvalue weighted by atomic mass is 9.86. The number of piperidine rings is 1. The number of hydrogen-bond acceptors (Lipinski definition) is 4. The Labute approximate surface area is 198 Å². The normalized spacial score (nSPS) is 21.3. The highest BCUT2D eigenvalue weighted by atomic mass is 19.4. The summed E-state index contributed by atoms with van der Waals surface area (Å²) in [6.07, 6.45) is 0.638. The lowest BCUT2D eigenvalue weighted by Gasteiger charge is -2.48. The van der Waals surface area contributed by atoms with E-state index in [0.717, 1.165) is 50.2 Å². The minimum absolute atomic E-state index is 0.197. The zero-order chi connectivity index (χ0) is 24.5. The molecule has 0 bridgehead atoms. The number of pyridine rings is 1. The molecule has 184 valence electrons. The van der Waals surface area contributed by atoms with Gasteiger partial charge in [-0.25, -0.2) is 0 Å². The predicted octanol–water partition coefficient (Wildman–Crippen LogP) is 5.56. The topological polar surface area (TPSA) is 45.7 Å². The van der Waals surface area contributed by atoms with Crippen LogP contribution in [0.2, 0.25) is 0 Å². The summed E-state index contributed by atoms with van der Waals surface area (Å²) in [4.78, 5) is 20.7. The van der Waals surface area contributed by atoms with Crippen LogP contribution in [-0.4, -0.2) is 53.0 Å². The van der Waals surface area contributed by atoms with E-state index in [4.69, 9.17) is 4.74 Å². The Morgan fingerprint density at radius 1 is 1.12 bits per heavy atom. The molecule has 2 aliphatic heterocycles. The lowest BCUT2D eigenvalue weighted by Crippen LogP contribution is -2.57. The van der Waals surface area contributed by atoms with Crippen LogP contribution in [0, 0.1) is 13.8 Å². The van der Waals surface area contributed by atoms with Gasteiger partial charge in [0.25, 0.3) is 5.91 Å². The highest BCUT2D eigenvalue weighted by Crippen LogP contribution is 2.39. The minimum atomic E-state index is -4.51. The number of hydrogen-bond donors (Lipinski definition) is 0. The molecule has 2 atom stereocenters. The largest absolute Gasteiger partial charge is 0.493 e. The van der Waals surface area contributed by atoms with E-state index >= 15 is 0 Å². The molecule has 2 saturated heterocycles. The van der Waals surface area contributed by atoms with Gasteiger partial charge in [-0.2, -0.15) is 13.2 Å². The molecule has 2 unspecified atom stereocenters. The second kappa shape index (κ2) is 9.94. The van der Waals surface area contributed by atoms with E-state index in [9.17, 15) is 18.0 Å². The third-order valence-electron chi connectivity index (χ3n) is 7.13. The molecule has 0 saturated carbocycles. The van der Waals surface area contributed by atoms with Crippen LogP contribution in [0.25, 0.3) is 0 Å². The van der Waals surface area contributed by atoms with Crippen molar-refractivity contribution in [1.82, 2.24) is 14.8 Å². The third-order valence-corrected chi connectivity index (χ3v) is 7.13. The summed E-state index contributed by atoms with van der Waals surface area (Å²) < 4.78 is 44.3. The fourth-order valence-corrected chi connectivity index (χ4v) is 5.18. The molecule has 1 aromatic carbocycles. The van der Waals surface area contributed by atoms with Gasteiger partial charge in [0.1, 0.15) is 11.4 Å². The molecule has 8 heteroatoms. The van der Waals surface area contributed by atoms with Crippen molar-refractivity contribution in [3.63, 3.8) is 0 Å². The van der Waals surface area contributed by atoms with E-state index in [-0.39, 0.29) is 17.5 Å². The molecule has 0 spiro atoms. The van der Waals surface area contributed by atoms with Crippen LogP contribution in [-0.2, 0) is 6.18 Å². The molecule has 5 nitrogen and oxygen atoms in total. The first kappa shape index (κ1) is 24.5. The van der Waals surface area contributed by atoms with E-state index in [1.54, 1.807) is 4.90 Å². The summed E-state index contributed by atoms with van der Waals surface area (Å²) in [6.45, 7) is 8.92. The number of alkyl halides is 3. The fraction of sp³-hybridized carbons (Fsp3) is 0.538. The molecule has 0 radical (unpaired) electrons. The number of piperazine rings is 1. The van der Waals surface area contributed by atoms with Gasteiger partial charge in [-0.15, -0.1) is 0 Å². The molecule has 2 fully saturated rings. The highest BCUT2D eigenvalue weighted by molar-refractivity contribution is 5.94. The first-order chi connectivity index (χ1) is 16.2. The maximum atomic E-state index is 13.0. The third kappa shape index (κ3) is 4.92. The number of benzene rings is 1. The zero-order valence-electron chi connectivity index (χ0n) is 20.0. The van der Waals surface area contributed by atoms with Crippen LogP contribution in [0.5, 0.6) is 5.75 Å². The van der Waals surface area contributed by atoms with Gasteiger partial charge in [-0.3, -0.25) is 14.7 Å². The molecule has 4 rings (SSSR count). The number of nitrogens with zero attached hydrogens (tertiary/aromatic N) is 3. The lowest BCUT2D eigenvalue weighted by molar-refractivity contribution is -0.141. The summed E-state index contributed by atoms with van der Waals surface area (Å²) in [6, 6.07) is 6.89. The number of rotatable bonds is 5. The summed E-state index contributed by atoms with van der Waals surface area (Å²) in [7, 11) is 0. The van der Waals surface area contributed by atoms with Crippen LogP contribution >= 0.6 is 0 Å². The van der Waals surface area contributed by atoms with E-state index in [2.05, 4.69) is 42.8 Å². The smallest absolute Gasteiger partial charge is 0.433 e. The van der Waals surface area contributed by atoms with E-state index in [1.165, 1.54) is 22.8 Å². The highest BCUT2D eigenvalue weighted by Gasteiger charge is 2.38. The number of halogens is 3. The van der Waals surface area contributed by atoms with Crippen molar-refractivity contribution in [3.05, 3.63) is 58.4 Å². The molecule has 2 aliphatic rings. The second-order valence-corrected chi connectivity index (χ2v) is 9.27. The van der Waals surface area contributed by atoms with Crippen molar-refractivity contribution < 1.29 is 22.7 Å². The number of fused-ring (bicyclic) bond motifs is 1. The van der Waals surface area contributed by atoms with Gasteiger partial charge in [0.2, 0.25) is 0 Å². The fourth-order valence-electron chi connectivity index (χ4n) is 5.18. The van der Waals surface area contributed by atoms with Crippen molar-refractivity contribution in [2.75, 3.05) is 26.2 Å². The molecule has 1 aromatic heterocycles. The molecule has 2 aromatic rings. The Kier molecular flexibility index (Phi) is 7.17. The van der Waals surface area contributed by atoms with Crippen molar-refractivity contribution in [1.29, 1.82) is 0 Å². The van der Waals surface area contributed by atoms with Crippen LogP contribution in [0.4, 0.5) is 13.2 Å². The average molecular weight is 476 g/mol. The molecular formula is C26H32F3N3O2. The predicted molar refractivity (Wildman–Crippen MR) is 124 cm³/mol. The van der Waals surface area contributed by atoms with E-state index in [1.807, 2.05) is 0 Å². The molecule has 3 heterocycles. The molecule has 0 N–H and O–H groups in total. The average Bonchev–Trinajstić information content (AvgIpc) is 2.83. The zero-order valence-corrected chi connectivity index (χ0v) is 20.0. The Hall–Kier alpha value is -2.61. The summed E-state index contributed by atoms with van der Waals surface area (Å²) in [5, 5.41) is 0. The first-order valence-electron chi connectivity index (χ1n) is 12.0. The monoisotopic (exact) mass is 475 g/mol. The van der Waals surface area contributed by atoms with E-state index < -0.39 is 11.9 Å². The summed E-state index contributed by atoms with van der Waals surface area (Å²) in [5.41, 5.74) is 2.96. The number of ether oxygens (including phenoxy) is 1. The maximum Gasteiger partial charge on any atom is 0.433 e. The van der Waals surface area contributed by atoms with Gasteiger partial charge < -0.3 is 9.64 Å². The van der Waals surface area contributed by atoms with Crippen molar-refractivity contribution in [2.24, 2.45) is 0 Å². The Bertz CT molecular complexity index is 1020. The first-order valence-corrected chi connectivity index (χ1v) is 12.0. The standard InChI is InChI=1S/C26H32F3N3O2/c1-4-14-34-23-10-9-21(17(2)18(23)3)22-7-5-6-20-16-31(12-13-32(20)22)25(33)19-8-11-24(30-15-19)26(27,28)29/h8-11,15,20,22H,4-7,12-14,16H2,1-3H3. The molecule has 34 heavy (non-hydrogen) atoms. The molecule has 1 amide bonds. The number of amides is 1. The van der Waals surface area contributed by atoms with Gasteiger partial charge in [0, 0.05) is 37.9 Å². The summed E-state index contributed by atoms with van der Waals surface area (Å²) in [5.74, 6) is 0.684. The number of carbonyl (C=O) groups is 1. The Morgan fingerprint density at radius 3 is 2.59 bits per heavy atom. The van der Waals surface area contributed by atoms with Crippen molar-refractivity contribution in [2.45, 2.75) is 64.7 Å². The maximum absolute atomic E-state index is 13.0. The number of aromatic nitrogens is 1. The van der Waals surface area contributed by atoms with Gasteiger partial charge in [-0.1, -0.05) is 13.0 Å². The summed E-state index contributed by atoms with van der Waals surface area (Å²) >= 11 is 0. The van der Waals surface area contributed by atoms with Crippen LogP contribution < -0.4 is 4.74 Å². The number of carbonyl (C=O) groups excluding carboxylic acids is 1. The molecular weight excluding hydrogens is 443 g/mol. The SMILES string of the molecule is CCCOc1ccc(C2CCCC3CN(C(=O)c4ccc(C(F)(F)F)nc4)CCN32)c(C)c1C. The van der Waals surface area contributed by atoms with Gasteiger partial charge in [-0.05, 0) is 74.4 Å². The van der Waals surface area contributed by atoms with Gasteiger partial charge >= 0.3 is 6.18 Å².